The van der Waals surface area contributed by atoms with E-state index in [-0.39, 0.29) is 22.1 Å². The van der Waals surface area contributed by atoms with Crippen molar-refractivity contribution >= 4 is 44.7 Å². The molecule has 8 nitrogen and oxygen atoms in total. The van der Waals surface area contributed by atoms with Gasteiger partial charge in [0.1, 0.15) is 15.6 Å². The molecule has 33 heavy (non-hydrogen) atoms. The van der Waals surface area contributed by atoms with Crippen LogP contribution in [0.3, 0.4) is 0 Å². The monoisotopic (exact) mass is 497 g/mol. The fourth-order valence-electron chi connectivity index (χ4n) is 3.43. The summed E-state index contributed by atoms with van der Waals surface area (Å²) in [6.07, 6.45) is 0.269. The summed E-state index contributed by atoms with van der Waals surface area (Å²) in [5.41, 5.74) is -0.487. The smallest absolute Gasteiger partial charge is 0.412 e. The van der Waals surface area contributed by atoms with Gasteiger partial charge in [-0.15, -0.1) is 11.3 Å². The van der Waals surface area contributed by atoms with Gasteiger partial charge in [0.15, 0.2) is 0 Å². The number of halogens is 1. The summed E-state index contributed by atoms with van der Waals surface area (Å²) >= 11 is 1.19. The number of anilines is 2. The lowest BCUT2D eigenvalue weighted by atomic mass is 9.98. The Morgan fingerprint density at radius 3 is 2.52 bits per heavy atom. The molecule has 0 saturated carbocycles. The lowest BCUT2D eigenvalue weighted by Crippen LogP contribution is -2.43. The van der Waals surface area contributed by atoms with E-state index in [2.05, 4.69) is 10.6 Å². The van der Waals surface area contributed by atoms with Gasteiger partial charge in [-0.1, -0.05) is 0 Å². The van der Waals surface area contributed by atoms with Crippen LogP contribution in [0.5, 0.6) is 0 Å². The van der Waals surface area contributed by atoms with Crippen LogP contribution >= 0.6 is 11.3 Å². The van der Waals surface area contributed by atoms with Crippen LogP contribution in [0.25, 0.3) is 0 Å². The van der Waals surface area contributed by atoms with Crippen molar-refractivity contribution in [2.45, 2.75) is 50.3 Å². The summed E-state index contributed by atoms with van der Waals surface area (Å²) in [7, 11) is -3.69. The van der Waals surface area contributed by atoms with Gasteiger partial charge in [0.2, 0.25) is 5.91 Å². The third-order valence-electron chi connectivity index (χ3n) is 4.94. The molecule has 0 spiro atoms. The number of piperidine rings is 1. The molecule has 2 N–H and O–H groups in total. The van der Waals surface area contributed by atoms with Crippen molar-refractivity contribution in [2.24, 2.45) is 5.92 Å². The Morgan fingerprint density at radius 2 is 1.88 bits per heavy atom. The maximum absolute atomic E-state index is 13.9. The molecule has 2 amide bonds. The first kappa shape index (κ1) is 25.1. The number of nitrogens with one attached hydrogen (secondary N) is 2. The molecule has 1 aromatic carbocycles. The van der Waals surface area contributed by atoms with E-state index in [0.717, 1.165) is 17.0 Å². The molecule has 1 saturated heterocycles. The Kier molecular flexibility index (Phi) is 7.45. The Morgan fingerprint density at radius 1 is 1.15 bits per heavy atom. The molecule has 2 heterocycles. The number of carbonyl (C=O) groups is 2. The Bertz CT molecular complexity index is 1140. The average Bonchev–Trinajstić information content (AvgIpc) is 3.16. The molecule has 11 heteroatoms. The lowest BCUT2D eigenvalue weighted by molar-refractivity contribution is -0.120. The fraction of sp³-hybridized carbons (Fsp3) is 0.455. The summed E-state index contributed by atoms with van der Waals surface area (Å²) in [5, 5.41) is 5.15. The predicted molar refractivity (Wildman–Crippen MR) is 125 cm³/mol. The van der Waals surface area contributed by atoms with Gasteiger partial charge in [0, 0.05) is 18.0 Å². The van der Waals surface area contributed by atoms with Crippen molar-refractivity contribution in [3.63, 3.8) is 0 Å². The summed E-state index contributed by atoms with van der Waals surface area (Å²) in [4.78, 5) is 26.0. The minimum Gasteiger partial charge on any atom is -0.444 e. The Labute approximate surface area is 197 Å². The summed E-state index contributed by atoms with van der Waals surface area (Å²) in [6, 6.07) is 6.89. The van der Waals surface area contributed by atoms with Crippen molar-refractivity contribution in [1.29, 1.82) is 0 Å². The second-order valence-corrected chi connectivity index (χ2v) is 12.3. The van der Waals surface area contributed by atoms with Gasteiger partial charge in [-0.3, -0.25) is 10.1 Å². The fourth-order valence-corrected chi connectivity index (χ4v) is 6.39. The van der Waals surface area contributed by atoms with E-state index in [1.807, 2.05) is 6.92 Å². The van der Waals surface area contributed by atoms with Gasteiger partial charge < -0.3 is 10.1 Å². The van der Waals surface area contributed by atoms with Crippen LogP contribution in [0.2, 0.25) is 0 Å². The first-order chi connectivity index (χ1) is 15.3. The molecule has 1 atom stereocenters. The van der Waals surface area contributed by atoms with Crippen LogP contribution in [0.4, 0.5) is 20.6 Å². The van der Waals surface area contributed by atoms with Crippen LogP contribution in [0.1, 0.15) is 38.5 Å². The summed E-state index contributed by atoms with van der Waals surface area (Å²) in [6.45, 7) is 7.31. The number of hydrogen-bond acceptors (Lipinski definition) is 6. The number of sulfonamides is 1. The second kappa shape index (κ2) is 9.78. The largest absolute Gasteiger partial charge is 0.444 e. The number of amides is 2. The van der Waals surface area contributed by atoms with E-state index in [1.165, 1.54) is 21.7 Å². The Balaban J connectivity index is 1.73. The molecular formula is C22H28FN3O5S2. The lowest BCUT2D eigenvalue weighted by Gasteiger charge is -2.31. The molecule has 1 aromatic heterocycles. The molecule has 1 aliphatic rings. The highest BCUT2D eigenvalue weighted by atomic mass is 32.2. The highest BCUT2D eigenvalue weighted by Crippen LogP contribution is 2.30. The van der Waals surface area contributed by atoms with E-state index in [0.29, 0.717) is 19.4 Å². The molecule has 1 aliphatic heterocycles. The number of nitrogens with zero attached hydrogens (tertiary/aromatic N) is 1. The third kappa shape index (κ3) is 6.52. The van der Waals surface area contributed by atoms with Gasteiger partial charge in [-0.2, -0.15) is 4.31 Å². The van der Waals surface area contributed by atoms with Gasteiger partial charge >= 0.3 is 6.09 Å². The van der Waals surface area contributed by atoms with Crippen molar-refractivity contribution in [2.75, 3.05) is 23.7 Å². The van der Waals surface area contributed by atoms with Crippen molar-refractivity contribution in [1.82, 2.24) is 4.31 Å². The number of aryl methyl sites for hydroxylation is 1. The quantitative estimate of drug-likeness (QED) is 0.629. The van der Waals surface area contributed by atoms with E-state index in [1.54, 1.807) is 32.9 Å². The molecule has 180 valence electrons. The highest BCUT2D eigenvalue weighted by Gasteiger charge is 2.34. The Hall–Kier alpha value is -2.50. The maximum Gasteiger partial charge on any atom is 0.412 e. The molecule has 0 bridgehead atoms. The van der Waals surface area contributed by atoms with E-state index >= 15 is 0 Å². The normalized spacial score (nSPS) is 17.4. The van der Waals surface area contributed by atoms with Crippen molar-refractivity contribution < 1.29 is 27.1 Å². The van der Waals surface area contributed by atoms with E-state index in [4.69, 9.17) is 4.74 Å². The standard InChI is InChI=1S/C22H28FN3O5S2/c1-14-7-10-19(32-14)33(29,30)26-11-5-6-15(13-26)20(27)24-18-12-16(23)8-9-17(18)25-21(28)31-22(2,3)4/h7-10,12,15H,5-6,11,13H2,1-4H3,(H,24,27)(H,25,28). The molecule has 0 radical (unpaired) electrons. The number of thiophene rings is 1. The highest BCUT2D eigenvalue weighted by molar-refractivity contribution is 7.91. The number of ether oxygens (including phenoxy) is 1. The van der Waals surface area contributed by atoms with E-state index in [9.17, 15) is 22.4 Å². The minimum atomic E-state index is -3.69. The maximum atomic E-state index is 13.9. The first-order valence-electron chi connectivity index (χ1n) is 10.5. The third-order valence-corrected chi connectivity index (χ3v) is 8.27. The topological polar surface area (TPSA) is 105 Å². The van der Waals surface area contributed by atoms with Gasteiger partial charge in [0.25, 0.3) is 10.0 Å². The number of carbonyl (C=O) groups excluding carboxylic acids is 2. The van der Waals surface area contributed by atoms with Crippen LogP contribution < -0.4 is 10.6 Å². The molecule has 1 unspecified atom stereocenters. The number of rotatable bonds is 5. The molecule has 0 aliphatic carbocycles. The number of hydrogen-bond donors (Lipinski definition) is 2. The predicted octanol–water partition coefficient (Wildman–Crippen LogP) is 4.58. The zero-order valence-corrected chi connectivity index (χ0v) is 20.6. The minimum absolute atomic E-state index is 0.0231. The van der Waals surface area contributed by atoms with Gasteiger partial charge in [-0.25, -0.2) is 17.6 Å². The molecule has 1 fully saturated rings. The first-order valence-corrected chi connectivity index (χ1v) is 12.8. The van der Waals surface area contributed by atoms with Crippen LogP contribution in [0, 0.1) is 18.7 Å². The average molecular weight is 498 g/mol. The molecular weight excluding hydrogens is 469 g/mol. The van der Waals surface area contributed by atoms with Crippen molar-refractivity contribution in [3.8, 4) is 0 Å². The van der Waals surface area contributed by atoms with Crippen molar-refractivity contribution in [3.05, 3.63) is 41.0 Å². The van der Waals surface area contributed by atoms with Crippen LogP contribution in [0.15, 0.2) is 34.5 Å². The van der Waals surface area contributed by atoms with Gasteiger partial charge in [0.05, 0.1) is 17.3 Å². The molecule has 3 rings (SSSR count). The van der Waals surface area contributed by atoms with Crippen LogP contribution in [-0.4, -0.2) is 43.4 Å². The van der Waals surface area contributed by atoms with Gasteiger partial charge in [-0.05, 0) is 70.9 Å². The van der Waals surface area contributed by atoms with Crippen LogP contribution in [-0.2, 0) is 19.6 Å². The zero-order valence-electron chi connectivity index (χ0n) is 19.0. The zero-order chi connectivity index (χ0) is 24.4. The summed E-state index contributed by atoms with van der Waals surface area (Å²) < 4.78 is 46.6. The molecule has 2 aromatic rings. The SMILES string of the molecule is Cc1ccc(S(=O)(=O)N2CCCC(C(=O)Nc3cc(F)ccc3NC(=O)OC(C)(C)C)C2)s1. The van der Waals surface area contributed by atoms with E-state index < -0.39 is 39.4 Å². The number of benzene rings is 1. The summed E-state index contributed by atoms with van der Waals surface area (Å²) in [5.74, 6) is -1.66. The second-order valence-electron chi connectivity index (χ2n) is 8.87.